The molecule has 1 aliphatic carbocycles. The fourth-order valence-electron chi connectivity index (χ4n) is 7.18. The van der Waals surface area contributed by atoms with Crippen molar-refractivity contribution in [2.45, 2.75) is 75.0 Å². The Morgan fingerprint density at radius 2 is 1.74 bits per heavy atom. The van der Waals surface area contributed by atoms with Gasteiger partial charge in [-0.15, -0.1) is 0 Å². The van der Waals surface area contributed by atoms with Gasteiger partial charge in [-0.3, -0.25) is 14.5 Å². The monoisotopic (exact) mass is 527 g/mol. The highest BCUT2D eigenvalue weighted by molar-refractivity contribution is 5.96. The van der Waals surface area contributed by atoms with E-state index in [1.807, 2.05) is 4.90 Å². The highest BCUT2D eigenvalue weighted by Gasteiger charge is 2.49. The van der Waals surface area contributed by atoms with Gasteiger partial charge < -0.3 is 15.0 Å². The summed E-state index contributed by atoms with van der Waals surface area (Å²) in [5.74, 6) is -0.863. The molecule has 1 N–H and O–H groups in total. The number of hydrogen-bond donors (Lipinski definition) is 1. The summed E-state index contributed by atoms with van der Waals surface area (Å²) in [5, 5.41) is 2.52. The average molecular weight is 528 g/mol. The van der Waals surface area contributed by atoms with Crippen molar-refractivity contribution in [3.05, 3.63) is 70.8 Å². The Labute approximate surface area is 220 Å². The summed E-state index contributed by atoms with van der Waals surface area (Å²) >= 11 is 0. The lowest BCUT2D eigenvalue weighted by atomic mass is 9.77. The van der Waals surface area contributed by atoms with Crippen LogP contribution in [-0.2, 0) is 27.9 Å². The third-order valence-corrected chi connectivity index (χ3v) is 9.04. The van der Waals surface area contributed by atoms with E-state index in [-0.39, 0.29) is 29.7 Å². The highest BCUT2D eigenvalue weighted by Crippen LogP contribution is 2.48. The van der Waals surface area contributed by atoms with Gasteiger partial charge in [-0.2, -0.15) is 13.2 Å². The molecular formula is C29H32F3N3O3. The van der Waals surface area contributed by atoms with E-state index < -0.39 is 17.6 Å². The number of amides is 2. The van der Waals surface area contributed by atoms with Crippen molar-refractivity contribution in [3.63, 3.8) is 0 Å². The van der Waals surface area contributed by atoms with Gasteiger partial charge in [0, 0.05) is 36.8 Å². The molecule has 3 aliphatic heterocycles. The minimum Gasteiger partial charge on any atom is -0.366 e. The fraction of sp³-hybridized carbons (Fsp3) is 0.517. The molecule has 1 spiro atoms. The van der Waals surface area contributed by atoms with E-state index in [2.05, 4.69) is 34.5 Å². The Balaban J connectivity index is 1.03. The van der Waals surface area contributed by atoms with E-state index in [0.29, 0.717) is 25.2 Å². The first-order chi connectivity index (χ1) is 18.2. The van der Waals surface area contributed by atoms with Crippen molar-refractivity contribution in [2.75, 3.05) is 19.6 Å². The molecule has 2 unspecified atom stereocenters. The van der Waals surface area contributed by atoms with Crippen molar-refractivity contribution in [1.82, 2.24) is 15.1 Å². The molecule has 9 heteroatoms. The minimum atomic E-state index is -4.53. The van der Waals surface area contributed by atoms with Crippen molar-refractivity contribution in [1.29, 1.82) is 0 Å². The predicted molar refractivity (Wildman–Crippen MR) is 134 cm³/mol. The Morgan fingerprint density at radius 3 is 2.53 bits per heavy atom. The average Bonchev–Trinajstić information content (AvgIpc) is 3.62. The van der Waals surface area contributed by atoms with Gasteiger partial charge in [0.15, 0.2) is 0 Å². The molecule has 0 bridgehead atoms. The van der Waals surface area contributed by atoms with Crippen LogP contribution in [0.25, 0.3) is 0 Å². The zero-order chi connectivity index (χ0) is 26.5. The lowest BCUT2D eigenvalue weighted by Crippen LogP contribution is -2.47. The maximum Gasteiger partial charge on any atom is 0.416 e. The van der Waals surface area contributed by atoms with Crippen LogP contribution in [0.5, 0.6) is 0 Å². The van der Waals surface area contributed by atoms with E-state index in [0.717, 1.165) is 57.2 Å². The number of carbonyl (C=O) groups is 2. The normalized spacial score (nSPS) is 28.9. The lowest BCUT2D eigenvalue weighted by Gasteiger charge is -2.42. The molecule has 3 heterocycles. The van der Waals surface area contributed by atoms with Crippen LogP contribution in [0.1, 0.15) is 65.6 Å². The zero-order valence-corrected chi connectivity index (χ0v) is 21.2. The Bertz CT molecular complexity index is 1220. The summed E-state index contributed by atoms with van der Waals surface area (Å²) in [6.07, 6.45) is 1.42. The second-order valence-electron chi connectivity index (χ2n) is 11.0. The quantitative estimate of drug-likeness (QED) is 0.637. The number of carbonyl (C=O) groups excluding carboxylic acids is 2. The summed E-state index contributed by atoms with van der Waals surface area (Å²) in [5.41, 5.74) is 1.51. The van der Waals surface area contributed by atoms with Crippen LogP contribution in [0.15, 0.2) is 48.5 Å². The van der Waals surface area contributed by atoms with Gasteiger partial charge in [0.05, 0.1) is 24.3 Å². The van der Waals surface area contributed by atoms with Crippen LogP contribution in [-0.4, -0.2) is 59.4 Å². The molecular weight excluding hydrogens is 495 g/mol. The van der Waals surface area contributed by atoms with Gasteiger partial charge in [-0.05, 0) is 67.9 Å². The number of ether oxygens (including phenoxy) is 1. The number of benzene rings is 2. The number of fused-ring (bicyclic) bond motifs is 3. The number of nitrogens with one attached hydrogen (secondary N) is 1. The summed E-state index contributed by atoms with van der Waals surface area (Å²) in [6, 6.07) is 13.7. The number of alkyl halides is 3. The second-order valence-corrected chi connectivity index (χ2v) is 11.0. The van der Waals surface area contributed by atoms with Crippen molar-refractivity contribution in [2.24, 2.45) is 0 Å². The number of hydrogen-bond acceptors (Lipinski definition) is 4. The van der Waals surface area contributed by atoms with Crippen LogP contribution >= 0.6 is 0 Å². The summed E-state index contributed by atoms with van der Waals surface area (Å²) in [7, 11) is 0. The maximum atomic E-state index is 13.0. The molecule has 4 aliphatic rings. The summed E-state index contributed by atoms with van der Waals surface area (Å²) in [4.78, 5) is 29.9. The van der Waals surface area contributed by atoms with Crippen LogP contribution < -0.4 is 5.32 Å². The maximum absolute atomic E-state index is 13.0. The van der Waals surface area contributed by atoms with Gasteiger partial charge in [-0.25, -0.2) is 0 Å². The van der Waals surface area contributed by atoms with Crippen molar-refractivity contribution < 1.29 is 27.5 Å². The Morgan fingerprint density at radius 1 is 0.974 bits per heavy atom. The molecule has 6 rings (SSSR count). The molecule has 0 radical (unpaired) electrons. The van der Waals surface area contributed by atoms with E-state index in [1.54, 1.807) is 0 Å². The molecule has 202 valence electrons. The molecule has 38 heavy (non-hydrogen) atoms. The molecule has 1 saturated carbocycles. The summed E-state index contributed by atoms with van der Waals surface area (Å²) in [6.45, 7) is 2.06. The van der Waals surface area contributed by atoms with Gasteiger partial charge in [0.25, 0.3) is 5.91 Å². The highest BCUT2D eigenvalue weighted by atomic mass is 19.4. The fourth-order valence-corrected chi connectivity index (χ4v) is 7.18. The lowest BCUT2D eigenvalue weighted by molar-refractivity contribution is -0.137. The molecule has 6 nitrogen and oxygen atoms in total. The van der Waals surface area contributed by atoms with Crippen molar-refractivity contribution >= 4 is 11.8 Å². The molecule has 2 atom stereocenters. The van der Waals surface area contributed by atoms with Gasteiger partial charge >= 0.3 is 6.18 Å². The predicted octanol–water partition coefficient (Wildman–Crippen LogP) is 4.48. The van der Waals surface area contributed by atoms with Gasteiger partial charge in [0.1, 0.15) is 0 Å². The molecule has 2 amide bonds. The molecule has 0 aromatic heterocycles. The van der Waals surface area contributed by atoms with E-state index >= 15 is 0 Å². The van der Waals surface area contributed by atoms with Gasteiger partial charge in [0.2, 0.25) is 5.91 Å². The second kappa shape index (κ2) is 9.68. The van der Waals surface area contributed by atoms with E-state index in [4.69, 9.17) is 4.74 Å². The smallest absolute Gasteiger partial charge is 0.366 e. The third-order valence-electron chi connectivity index (χ3n) is 9.04. The van der Waals surface area contributed by atoms with Crippen molar-refractivity contribution in [3.8, 4) is 0 Å². The Hall–Kier alpha value is -2.91. The number of halogens is 3. The van der Waals surface area contributed by atoms with Crippen LogP contribution in [0.4, 0.5) is 13.2 Å². The van der Waals surface area contributed by atoms with Crippen LogP contribution in [0, 0.1) is 0 Å². The third kappa shape index (κ3) is 4.49. The zero-order valence-electron chi connectivity index (χ0n) is 21.2. The first-order valence-electron chi connectivity index (χ1n) is 13.5. The first kappa shape index (κ1) is 25.4. The molecule has 3 fully saturated rings. The van der Waals surface area contributed by atoms with Crippen LogP contribution in [0.2, 0.25) is 0 Å². The molecule has 2 aromatic rings. The van der Waals surface area contributed by atoms with E-state index in [1.165, 1.54) is 23.3 Å². The Kier molecular flexibility index (Phi) is 6.46. The number of nitrogens with zero attached hydrogens (tertiary/aromatic N) is 2. The minimum absolute atomic E-state index is 0.108. The molecule has 2 aromatic carbocycles. The number of likely N-dealkylation sites (tertiary alicyclic amines) is 2. The van der Waals surface area contributed by atoms with Gasteiger partial charge in [-0.1, -0.05) is 30.3 Å². The largest absolute Gasteiger partial charge is 0.416 e. The SMILES string of the molecule is O=C(NCC(=O)N1CCC2C1CCN2C1CCC2(CC1)OCc1ccccc12)c1cccc(C(F)(F)F)c1. The van der Waals surface area contributed by atoms with Crippen LogP contribution in [0.3, 0.4) is 0 Å². The first-order valence-corrected chi connectivity index (χ1v) is 13.5. The van der Waals surface area contributed by atoms with E-state index in [9.17, 15) is 22.8 Å². The number of rotatable bonds is 4. The topological polar surface area (TPSA) is 61.9 Å². The molecule has 2 saturated heterocycles. The standard InChI is InChI=1S/C29H32F3N3O3/c30-29(31,32)21-6-3-5-19(16-21)27(37)33-17-26(36)35-15-11-24-25(35)10-14-34(24)22-8-12-28(13-9-22)23-7-2-1-4-20(23)18-38-28/h1-7,16,22,24-25H,8-15,17-18H2,(H,33,37). The summed E-state index contributed by atoms with van der Waals surface area (Å²) < 4.78 is 45.3.